The molecule has 13 heteroatoms. The van der Waals surface area contributed by atoms with Crippen LogP contribution in [0, 0.1) is 6.92 Å². The number of esters is 4. The van der Waals surface area contributed by atoms with Crippen LogP contribution in [0.2, 0.25) is 0 Å². The molecule has 12 nitrogen and oxygen atoms in total. The van der Waals surface area contributed by atoms with E-state index in [2.05, 4.69) is 26.1 Å². The van der Waals surface area contributed by atoms with Gasteiger partial charge in [-0.3, -0.25) is 19.2 Å². The van der Waals surface area contributed by atoms with Gasteiger partial charge in [0.1, 0.15) is 12.7 Å². The van der Waals surface area contributed by atoms with Gasteiger partial charge in [0.05, 0.1) is 0 Å². The summed E-state index contributed by atoms with van der Waals surface area (Å²) in [6, 6.07) is 0. The summed E-state index contributed by atoms with van der Waals surface area (Å²) in [4.78, 5) is 46.6. The summed E-state index contributed by atoms with van der Waals surface area (Å²) in [6.45, 7) is 5.71. The number of carbonyl (C=O) groups excluding carboxylic acids is 4. The van der Waals surface area contributed by atoms with E-state index in [4.69, 9.17) is 28.1 Å². The number of nitrogens with zero attached hydrogens (tertiary/aromatic N) is 2. The number of hydrogen-bond donors (Lipinski definition) is 0. The van der Waals surface area contributed by atoms with Crippen molar-refractivity contribution in [3.05, 3.63) is 11.8 Å². The van der Waals surface area contributed by atoms with Gasteiger partial charge >= 0.3 is 23.9 Å². The van der Waals surface area contributed by atoms with Gasteiger partial charge in [-0.15, -0.1) is 10.2 Å². The van der Waals surface area contributed by atoms with Crippen LogP contribution < -0.4 is 0 Å². The van der Waals surface area contributed by atoms with Crippen LogP contribution in [0.25, 0.3) is 0 Å². The highest BCUT2D eigenvalue weighted by molar-refractivity contribution is 9.09. The van der Waals surface area contributed by atoms with E-state index in [9.17, 15) is 19.2 Å². The molecule has 0 N–H and O–H groups in total. The first-order valence-electron chi connectivity index (χ1n) is 8.76. The molecule has 2 heterocycles. The van der Waals surface area contributed by atoms with Gasteiger partial charge in [0.25, 0.3) is 5.89 Å². The lowest BCUT2D eigenvalue weighted by Crippen LogP contribution is -2.64. The van der Waals surface area contributed by atoms with Gasteiger partial charge in [0, 0.05) is 34.6 Å². The molecule has 0 saturated carbocycles. The summed E-state index contributed by atoms with van der Waals surface area (Å²) in [5, 5.41) is 7.62. The molecule has 2 rings (SSSR count). The van der Waals surface area contributed by atoms with Crippen molar-refractivity contribution in [1.82, 2.24) is 10.2 Å². The third-order valence-corrected chi connectivity index (χ3v) is 4.82. The van der Waals surface area contributed by atoms with Crippen LogP contribution in [0.4, 0.5) is 0 Å². The summed E-state index contributed by atoms with van der Waals surface area (Å²) in [5.74, 6) is -2.83. The van der Waals surface area contributed by atoms with E-state index in [-0.39, 0.29) is 18.4 Å². The molecule has 0 spiro atoms. The molecule has 0 amide bonds. The zero-order valence-corrected chi connectivity index (χ0v) is 18.5. The lowest BCUT2D eigenvalue weighted by atomic mass is 9.93. The topological polar surface area (TPSA) is 153 Å². The van der Waals surface area contributed by atoms with E-state index >= 15 is 0 Å². The Hall–Kier alpha value is -2.54. The van der Waals surface area contributed by atoms with Crippen molar-refractivity contribution in [3.63, 3.8) is 0 Å². The van der Waals surface area contributed by atoms with Crippen molar-refractivity contribution in [2.45, 2.75) is 63.5 Å². The second kappa shape index (κ2) is 9.51. The van der Waals surface area contributed by atoms with Crippen molar-refractivity contribution >= 4 is 39.8 Å². The van der Waals surface area contributed by atoms with Crippen LogP contribution in [-0.2, 0) is 47.4 Å². The van der Waals surface area contributed by atoms with Gasteiger partial charge in [0.2, 0.25) is 10.4 Å². The Kier molecular flexibility index (Phi) is 7.53. The summed E-state index contributed by atoms with van der Waals surface area (Å²) in [7, 11) is 0. The van der Waals surface area contributed by atoms with E-state index in [1.54, 1.807) is 0 Å². The number of halogens is 1. The number of alkyl halides is 1. The van der Waals surface area contributed by atoms with Crippen LogP contribution >= 0.6 is 15.9 Å². The van der Waals surface area contributed by atoms with E-state index in [1.807, 2.05) is 0 Å². The minimum Gasteiger partial charge on any atom is -0.463 e. The van der Waals surface area contributed by atoms with Crippen LogP contribution in [0.1, 0.15) is 39.5 Å². The SMILES string of the molecule is CC(=O)OC[C@H]1O[C@@](Br)(c2nnc(C)o2)[C@H](OC(C)=O)[C@@H](OC(C)=O)[C@H]1OC(C)=O. The molecule has 166 valence electrons. The molecule has 0 aliphatic carbocycles. The lowest BCUT2D eigenvalue weighted by molar-refractivity contribution is -0.266. The fraction of sp³-hybridized carbons (Fsp3) is 0.647. The van der Waals surface area contributed by atoms with Crippen LogP contribution in [0.5, 0.6) is 0 Å². The molecule has 0 aromatic carbocycles. The van der Waals surface area contributed by atoms with Crippen LogP contribution in [0.3, 0.4) is 0 Å². The molecule has 1 fully saturated rings. The van der Waals surface area contributed by atoms with E-state index < -0.39 is 52.8 Å². The maximum atomic E-state index is 11.8. The minimum atomic E-state index is -1.80. The average molecular weight is 493 g/mol. The van der Waals surface area contributed by atoms with Gasteiger partial charge in [-0.25, -0.2) is 0 Å². The summed E-state index contributed by atoms with van der Waals surface area (Å²) < 4.78 is 30.6. The quantitative estimate of drug-likeness (QED) is 0.311. The van der Waals surface area contributed by atoms with Crippen molar-refractivity contribution in [3.8, 4) is 0 Å². The van der Waals surface area contributed by atoms with Gasteiger partial charge in [-0.2, -0.15) is 0 Å². The molecule has 0 bridgehead atoms. The number of ether oxygens (including phenoxy) is 5. The number of aryl methyl sites for hydroxylation is 1. The van der Waals surface area contributed by atoms with E-state index in [0.717, 1.165) is 20.8 Å². The highest BCUT2D eigenvalue weighted by Crippen LogP contribution is 2.46. The van der Waals surface area contributed by atoms with Crippen molar-refractivity contribution in [1.29, 1.82) is 0 Å². The third kappa shape index (κ3) is 5.53. The first-order chi connectivity index (χ1) is 13.9. The highest BCUT2D eigenvalue weighted by atomic mass is 79.9. The van der Waals surface area contributed by atoms with Crippen LogP contribution in [0.15, 0.2) is 4.42 Å². The predicted molar refractivity (Wildman–Crippen MR) is 97.8 cm³/mol. The molecule has 1 aromatic heterocycles. The van der Waals surface area contributed by atoms with E-state index in [0.29, 0.717) is 0 Å². The average Bonchev–Trinajstić information content (AvgIpc) is 3.05. The lowest BCUT2D eigenvalue weighted by Gasteiger charge is -2.47. The Bertz CT molecular complexity index is 827. The van der Waals surface area contributed by atoms with Crippen molar-refractivity contribution in [2.24, 2.45) is 0 Å². The zero-order valence-electron chi connectivity index (χ0n) is 16.9. The van der Waals surface area contributed by atoms with Crippen molar-refractivity contribution in [2.75, 3.05) is 6.61 Å². The molecule has 1 aliphatic rings. The summed E-state index contributed by atoms with van der Waals surface area (Å²) >= 11 is 3.32. The Labute approximate surface area is 179 Å². The molecular formula is C17H21BrN2O10. The summed E-state index contributed by atoms with van der Waals surface area (Å²) in [6.07, 6.45) is -5.21. The summed E-state index contributed by atoms with van der Waals surface area (Å²) in [5.41, 5.74) is 0. The first kappa shape index (κ1) is 23.7. The maximum Gasteiger partial charge on any atom is 0.303 e. The maximum absolute atomic E-state index is 11.8. The second-order valence-corrected chi connectivity index (χ2v) is 7.59. The smallest absolute Gasteiger partial charge is 0.303 e. The highest BCUT2D eigenvalue weighted by Gasteiger charge is 2.62. The fourth-order valence-electron chi connectivity index (χ4n) is 2.86. The number of aromatic nitrogens is 2. The number of carbonyl (C=O) groups is 4. The third-order valence-electron chi connectivity index (χ3n) is 3.84. The number of hydrogen-bond acceptors (Lipinski definition) is 12. The molecular weight excluding hydrogens is 472 g/mol. The Morgan fingerprint density at radius 2 is 1.50 bits per heavy atom. The van der Waals surface area contributed by atoms with E-state index in [1.165, 1.54) is 13.8 Å². The van der Waals surface area contributed by atoms with Crippen molar-refractivity contribution < 1.29 is 47.3 Å². The molecule has 30 heavy (non-hydrogen) atoms. The normalized spacial score (nSPS) is 28.3. The monoisotopic (exact) mass is 492 g/mol. The first-order valence-corrected chi connectivity index (χ1v) is 9.55. The molecule has 1 aromatic rings. The van der Waals surface area contributed by atoms with Crippen LogP contribution in [-0.4, -0.2) is 65.1 Å². The minimum absolute atomic E-state index is 0.155. The Morgan fingerprint density at radius 3 is 1.97 bits per heavy atom. The van der Waals surface area contributed by atoms with Gasteiger partial charge in [0.15, 0.2) is 18.3 Å². The predicted octanol–water partition coefficient (Wildman–Crippen LogP) is 0.683. The molecule has 5 atom stereocenters. The number of rotatable bonds is 6. The Morgan fingerprint density at radius 1 is 0.933 bits per heavy atom. The molecule has 1 saturated heterocycles. The molecule has 0 radical (unpaired) electrons. The second-order valence-electron chi connectivity index (χ2n) is 6.41. The Balaban J connectivity index is 2.59. The molecule has 1 aliphatic heterocycles. The zero-order chi connectivity index (χ0) is 22.6. The van der Waals surface area contributed by atoms with Gasteiger partial charge in [-0.1, -0.05) is 0 Å². The van der Waals surface area contributed by atoms with Gasteiger partial charge in [-0.05, 0) is 15.9 Å². The fourth-order valence-corrected chi connectivity index (χ4v) is 3.62. The standard InChI is InChI=1S/C17H21BrN2O10/c1-7-19-20-16(26-7)17(18)15(29-11(5)24)14(28-10(4)23)13(27-9(3)22)12(30-17)6-25-8(2)21/h12-15H,6H2,1-5H3/t12-,13+,14+,15-,17-/m1/s1. The largest absolute Gasteiger partial charge is 0.463 e. The van der Waals surface area contributed by atoms with Gasteiger partial charge < -0.3 is 28.1 Å². The molecule has 0 unspecified atom stereocenters.